The first-order valence-corrected chi connectivity index (χ1v) is 9.85. The van der Waals surface area contributed by atoms with E-state index in [0.717, 1.165) is 25.7 Å². The second-order valence-electron chi connectivity index (χ2n) is 8.06. The summed E-state index contributed by atoms with van der Waals surface area (Å²) in [6.07, 6.45) is 4.39. The van der Waals surface area contributed by atoms with Gasteiger partial charge in [-0.25, -0.2) is 9.59 Å². The Kier molecular flexibility index (Phi) is 4.87. The molecule has 28 heavy (non-hydrogen) atoms. The van der Waals surface area contributed by atoms with E-state index in [0.29, 0.717) is 37.4 Å². The van der Waals surface area contributed by atoms with Crippen molar-refractivity contribution in [3.05, 3.63) is 24.3 Å². The molecule has 2 heterocycles. The molecule has 1 unspecified atom stereocenters. The molecule has 3 aliphatic rings. The van der Waals surface area contributed by atoms with Gasteiger partial charge in [-0.1, -0.05) is 18.9 Å². The van der Waals surface area contributed by atoms with E-state index in [4.69, 9.17) is 4.74 Å². The zero-order valence-corrected chi connectivity index (χ0v) is 16.1. The van der Waals surface area contributed by atoms with Crippen molar-refractivity contribution >= 4 is 29.4 Å². The third kappa shape index (κ3) is 3.76. The molecule has 3 fully saturated rings. The number of rotatable bonds is 3. The fraction of sp³-hybridized carbons (Fsp3) is 0.550. The summed E-state index contributed by atoms with van der Waals surface area (Å²) in [6, 6.07) is 6.94. The summed E-state index contributed by atoms with van der Waals surface area (Å²) in [6.45, 7) is 1.41. The average Bonchev–Trinajstić information content (AvgIpc) is 3.37. The van der Waals surface area contributed by atoms with Crippen LogP contribution in [0.1, 0.15) is 32.1 Å². The van der Waals surface area contributed by atoms with E-state index < -0.39 is 5.60 Å². The molecule has 2 saturated heterocycles. The van der Waals surface area contributed by atoms with Crippen LogP contribution in [0.3, 0.4) is 0 Å². The number of likely N-dealkylation sites (tertiary alicyclic amines) is 1. The van der Waals surface area contributed by atoms with Gasteiger partial charge in [-0.15, -0.1) is 0 Å². The topological polar surface area (TPSA) is 91.0 Å². The van der Waals surface area contributed by atoms with Gasteiger partial charge in [0.25, 0.3) is 0 Å². The lowest BCUT2D eigenvalue weighted by atomic mass is 10.0. The smallest absolute Gasteiger partial charge is 0.410 e. The number of nitrogens with one attached hydrogen (secondary N) is 2. The van der Waals surface area contributed by atoms with Gasteiger partial charge in [0.1, 0.15) is 0 Å². The van der Waals surface area contributed by atoms with Crippen LogP contribution in [0.25, 0.3) is 0 Å². The third-order valence-electron chi connectivity index (χ3n) is 5.85. The van der Waals surface area contributed by atoms with E-state index in [9.17, 15) is 14.4 Å². The number of ether oxygens (including phenoxy) is 1. The third-order valence-corrected chi connectivity index (χ3v) is 5.85. The van der Waals surface area contributed by atoms with Crippen molar-refractivity contribution in [3.8, 4) is 0 Å². The van der Waals surface area contributed by atoms with Gasteiger partial charge < -0.3 is 25.2 Å². The predicted molar refractivity (Wildman–Crippen MR) is 104 cm³/mol. The van der Waals surface area contributed by atoms with Crippen molar-refractivity contribution in [1.29, 1.82) is 0 Å². The number of benzene rings is 1. The van der Waals surface area contributed by atoms with Crippen LogP contribution < -0.4 is 10.6 Å². The van der Waals surface area contributed by atoms with Crippen LogP contribution >= 0.6 is 0 Å². The molecule has 2 aliphatic heterocycles. The highest BCUT2D eigenvalue weighted by atomic mass is 16.6. The van der Waals surface area contributed by atoms with Gasteiger partial charge >= 0.3 is 12.1 Å². The highest BCUT2D eigenvalue weighted by Gasteiger charge is 2.49. The summed E-state index contributed by atoms with van der Waals surface area (Å²) in [5, 5.41) is 5.83. The molecular formula is C20H26N4O4. The normalized spacial score (nSPS) is 24.7. The van der Waals surface area contributed by atoms with E-state index in [1.165, 1.54) is 4.90 Å². The van der Waals surface area contributed by atoms with E-state index in [1.807, 2.05) is 6.07 Å². The van der Waals surface area contributed by atoms with Crippen molar-refractivity contribution in [2.75, 3.05) is 37.3 Å². The summed E-state index contributed by atoms with van der Waals surface area (Å²) < 4.78 is 5.48. The number of hydrogen-bond donors (Lipinski definition) is 2. The Hall–Kier alpha value is -2.77. The Labute approximate surface area is 164 Å². The van der Waals surface area contributed by atoms with E-state index in [-0.39, 0.29) is 23.9 Å². The van der Waals surface area contributed by atoms with Gasteiger partial charge in [0.2, 0.25) is 5.91 Å². The molecule has 1 saturated carbocycles. The number of nitrogens with zero attached hydrogens (tertiary/aromatic N) is 2. The van der Waals surface area contributed by atoms with E-state index in [2.05, 4.69) is 10.6 Å². The maximum absolute atomic E-state index is 12.6. The minimum atomic E-state index is -0.597. The highest BCUT2D eigenvalue weighted by Crippen LogP contribution is 2.32. The average molecular weight is 386 g/mol. The van der Waals surface area contributed by atoms with Crippen molar-refractivity contribution in [3.63, 3.8) is 0 Å². The minimum absolute atomic E-state index is 0.0506. The SMILES string of the molecule is CN1CC2(CCN(C(=O)Nc3cccc(NC(=O)C4CCCC4)c3)C2)OC1=O. The summed E-state index contributed by atoms with van der Waals surface area (Å²) in [5.74, 6) is 0.140. The predicted octanol–water partition coefficient (Wildman–Crippen LogP) is 2.87. The zero-order valence-electron chi connectivity index (χ0n) is 16.1. The molecule has 0 radical (unpaired) electrons. The second-order valence-corrected chi connectivity index (χ2v) is 8.06. The Morgan fingerprint density at radius 1 is 1.14 bits per heavy atom. The molecule has 1 aromatic rings. The largest absolute Gasteiger partial charge is 0.439 e. The molecule has 8 nitrogen and oxygen atoms in total. The number of hydrogen-bond acceptors (Lipinski definition) is 4. The Morgan fingerprint density at radius 3 is 2.54 bits per heavy atom. The molecule has 1 aromatic carbocycles. The van der Waals surface area contributed by atoms with Crippen LogP contribution in [0.5, 0.6) is 0 Å². The van der Waals surface area contributed by atoms with Crippen molar-refractivity contribution in [2.45, 2.75) is 37.7 Å². The lowest BCUT2D eigenvalue weighted by Gasteiger charge is -2.22. The van der Waals surface area contributed by atoms with E-state index in [1.54, 1.807) is 30.1 Å². The number of likely N-dealkylation sites (N-methyl/N-ethyl adjacent to an activating group) is 1. The van der Waals surface area contributed by atoms with Gasteiger partial charge in [0.15, 0.2) is 5.60 Å². The summed E-state index contributed by atoms with van der Waals surface area (Å²) >= 11 is 0. The number of urea groups is 1. The minimum Gasteiger partial charge on any atom is -0.439 e. The Balaban J connectivity index is 1.35. The van der Waals surface area contributed by atoms with Crippen LogP contribution in [-0.2, 0) is 9.53 Å². The second kappa shape index (κ2) is 7.33. The standard InChI is InChI=1S/C20H26N4O4/c1-23-12-20(28-19(23)27)9-10-24(13-20)18(26)22-16-8-4-7-15(11-16)21-17(25)14-5-2-3-6-14/h4,7-8,11,14H,2-3,5-6,9-10,12-13H2,1H3,(H,21,25)(H,22,26). The van der Waals surface area contributed by atoms with Crippen LogP contribution in [0.4, 0.5) is 21.0 Å². The Bertz CT molecular complexity index is 792. The van der Waals surface area contributed by atoms with Crippen LogP contribution in [0.15, 0.2) is 24.3 Å². The monoisotopic (exact) mass is 386 g/mol. The maximum atomic E-state index is 12.6. The molecular weight excluding hydrogens is 360 g/mol. The van der Waals surface area contributed by atoms with Gasteiger partial charge in [-0.2, -0.15) is 0 Å². The maximum Gasteiger partial charge on any atom is 0.410 e. The summed E-state index contributed by atoms with van der Waals surface area (Å²) in [5.41, 5.74) is 0.704. The first-order valence-electron chi connectivity index (χ1n) is 9.85. The van der Waals surface area contributed by atoms with E-state index >= 15 is 0 Å². The molecule has 0 bridgehead atoms. The van der Waals surface area contributed by atoms with Crippen LogP contribution in [-0.4, -0.2) is 60.1 Å². The van der Waals surface area contributed by atoms with Gasteiger partial charge in [-0.05, 0) is 31.0 Å². The molecule has 2 N–H and O–H groups in total. The fourth-order valence-electron chi connectivity index (χ4n) is 4.33. The molecule has 4 amide bonds. The van der Waals surface area contributed by atoms with Gasteiger partial charge in [-0.3, -0.25) is 4.79 Å². The van der Waals surface area contributed by atoms with Crippen molar-refractivity contribution in [2.24, 2.45) is 5.92 Å². The highest BCUT2D eigenvalue weighted by molar-refractivity contribution is 5.94. The lowest BCUT2D eigenvalue weighted by molar-refractivity contribution is -0.119. The lowest BCUT2D eigenvalue weighted by Crippen LogP contribution is -2.40. The first kappa shape index (κ1) is 18.6. The van der Waals surface area contributed by atoms with Gasteiger partial charge in [0.05, 0.1) is 13.1 Å². The first-order chi connectivity index (χ1) is 13.4. The molecule has 1 spiro atoms. The molecule has 1 aliphatic carbocycles. The molecule has 0 aromatic heterocycles. The summed E-state index contributed by atoms with van der Waals surface area (Å²) in [4.78, 5) is 39.8. The number of carbonyl (C=O) groups excluding carboxylic acids is 3. The number of anilines is 2. The molecule has 150 valence electrons. The number of carbonyl (C=O) groups is 3. The summed E-state index contributed by atoms with van der Waals surface area (Å²) in [7, 11) is 1.70. The Morgan fingerprint density at radius 2 is 1.86 bits per heavy atom. The zero-order chi connectivity index (χ0) is 19.7. The molecule has 4 rings (SSSR count). The van der Waals surface area contributed by atoms with Crippen LogP contribution in [0.2, 0.25) is 0 Å². The quantitative estimate of drug-likeness (QED) is 0.836. The van der Waals surface area contributed by atoms with Crippen molar-refractivity contribution in [1.82, 2.24) is 9.80 Å². The van der Waals surface area contributed by atoms with Crippen LogP contribution in [0, 0.1) is 5.92 Å². The molecule has 1 atom stereocenters. The van der Waals surface area contributed by atoms with Gasteiger partial charge in [0, 0.05) is 37.3 Å². The number of amides is 4. The fourth-order valence-corrected chi connectivity index (χ4v) is 4.33. The molecule has 8 heteroatoms. The van der Waals surface area contributed by atoms with Crippen molar-refractivity contribution < 1.29 is 19.1 Å².